The number of nitrogens with one attached hydrogen (secondary N) is 4. The zero-order chi connectivity index (χ0) is 58.0. The second-order valence-corrected chi connectivity index (χ2v) is 24.6. The standard InChI is InChI=1S/C66H94N8O6/c1-47(67-9)61(77)69-59(65(3,4)5)63(79)73-41-23-29-55(73)45-71(43-49-33-37-53(38-34-49)51-25-17-15-18-26-51)57(75)31-21-13-11-12-14-22-32-58(76)72(44-50-35-39-54(40-36-50)52-27-19-16-20-28-52)46-56-30-24-42-74(56)64(80)60(66(6,7)8)70-62(78)48(2)68-10/h15-20,25-28,33-40,47-48,55-56,59-60,67-68H,11-14,21-24,29-32,41-46H2,1-10H3,(H,69,77)(H,70,78)/t47-,48-,55-,56-,59+,60+/m0/s1. The van der Waals surface area contributed by atoms with Gasteiger partial charge in [0.2, 0.25) is 35.4 Å². The molecule has 2 saturated heterocycles. The van der Waals surface area contributed by atoms with E-state index in [1.807, 2.05) is 97.5 Å². The van der Waals surface area contributed by atoms with Crippen LogP contribution in [0.4, 0.5) is 0 Å². The lowest BCUT2D eigenvalue weighted by atomic mass is 9.85. The number of hydrogen-bond donors (Lipinski definition) is 4. The number of unbranched alkanes of at least 4 members (excludes halogenated alkanes) is 5. The van der Waals surface area contributed by atoms with E-state index in [0.29, 0.717) is 52.1 Å². The maximum Gasteiger partial charge on any atom is 0.246 e. The zero-order valence-corrected chi connectivity index (χ0v) is 49.8. The number of carbonyl (C=O) groups excluding carboxylic acids is 6. The Hall–Kier alpha value is -6.38. The molecular formula is C66H94N8O6. The molecule has 0 saturated carbocycles. The van der Waals surface area contributed by atoms with Gasteiger partial charge in [-0.2, -0.15) is 0 Å². The SMILES string of the molecule is CN[C@@H](C)C(=O)N[C@H](C(=O)N1CCC[C@H]1CN(Cc1ccc(-c2ccccc2)cc1)C(=O)CCCCCCCCC(=O)N(Cc1ccc(-c2ccccc2)cc1)C[C@@H]1CCCN1C(=O)[C@@H](NC(=O)[C@H](C)NC)C(C)(C)C)C(C)(C)C. The third-order valence-corrected chi connectivity index (χ3v) is 16.2. The Balaban J connectivity index is 1.06. The Morgan fingerprint density at radius 1 is 0.487 bits per heavy atom. The van der Waals surface area contributed by atoms with Crippen molar-refractivity contribution in [1.82, 2.24) is 40.9 Å². The Morgan fingerprint density at radius 3 is 1.14 bits per heavy atom. The van der Waals surface area contributed by atoms with Gasteiger partial charge in [0.15, 0.2) is 0 Å². The van der Waals surface area contributed by atoms with Crippen LogP contribution in [0, 0.1) is 10.8 Å². The third-order valence-electron chi connectivity index (χ3n) is 16.2. The highest BCUT2D eigenvalue weighted by atomic mass is 16.2. The van der Waals surface area contributed by atoms with Crippen LogP contribution in [0.15, 0.2) is 109 Å². The van der Waals surface area contributed by atoms with Crippen molar-refractivity contribution in [3.63, 3.8) is 0 Å². The van der Waals surface area contributed by atoms with Crippen LogP contribution in [0.25, 0.3) is 22.3 Å². The monoisotopic (exact) mass is 1090 g/mol. The fraction of sp³-hybridized carbons (Fsp3) is 0.545. The van der Waals surface area contributed by atoms with Gasteiger partial charge in [-0.3, -0.25) is 28.8 Å². The molecule has 2 heterocycles. The van der Waals surface area contributed by atoms with Gasteiger partial charge in [0.05, 0.1) is 12.1 Å². The summed E-state index contributed by atoms with van der Waals surface area (Å²) < 4.78 is 0. The quantitative estimate of drug-likeness (QED) is 0.0429. The predicted molar refractivity (Wildman–Crippen MR) is 321 cm³/mol. The molecule has 0 radical (unpaired) electrons. The number of nitrogens with zero attached hydrogens (tertiary/aromatic N) is 4. The average Bonchev–Trinajstić information content (AvgIpc) is 4.14. The van der Waals surface area contributed by atoms with E-state index in [0.717, 1.165) is 97.6 Å². The van der Waals surface area contributed by atoms with E-state index in [9.17, 15) is 28.8 Å². The third kappa shape index (κ3) is 18.1. The maximum atomic E-state index is 14.4. The van der Waals surface area contributed by atoms with Gasteiger partial charge in [0.1, 0.15) is 12.1 Å². The molecule has 2 aliphatic heterocycles. The maximum absolute atomic E-state index is 14.4. The Bertz CT molecular complexity index is 2430. The molecule has 0 spiro atoms. The van der Waals surface area contributed by atoms with Gasteiger partial charge >= 0.3 is 0 Å². The summed E-state index contributed by atoms with van der Waals surface area (Å²) in [5.41, 5.74) is 5.45. The van der Waals surface area contributed by atoms with Crippen molar-refractivity contribution in [3.05, 3.63) is 120 Å². The van der Waals surface area contributed by atoms with Gasteiger partial charge in [-0.1, -0.05) is 176 Å². The summed E-state index contributed by atoms with van der Waals surface area (Å²) in [6.07, 6.45) is 9.09. The molecule has 0 unspecified atom stereocenters. The topological polar surface area (TPSA) is 163 Å². The molecule has 4 aromatic rings. The molecule has 6 amide bonds. The molecule has 0 aliphatic carbocycles. The first-order valence-corrected chi connectivity index (χ1v) is 29.6. The molecule has 2 fully saturated rings. The second-order valence-electron chi connectivity index (χ2n) is 24.6. The number of amides is 6. The smallest absolute Gasteiger partial charge is 0.246 e. The van der Waals surface area contributed by atoms with Crippen molar-refractivity contribution >= 4 is 35.4 Å². The largest absolute Gasteiger partial charge is 0.342 e. The molecule has 4 aromatic carbocycles. The van der Waals surface area contributed by atoms with Crippen molar-refractivity contribution in [1.29, 1.82) is 0 Å². The molecular weight excluding hydrogens is 1000 g/mol. The number of likely N-dealkylation sites (N-methyl/N-ethyl adjacent to an activating group) is 2. The van der Waals surface area contributed by atoms with Crippen LogP contribution < -0.4 is 21.3 Å². The summed E-state index contributed by atoms with van der Waals surface area (Å²) in [5.74, 6) is -0.553. The summed E-state index contributed by atoms with van der Waals surface area (Å²) in [4.78, 5) is 91.3. The van der Waals surface area contributed by atoms with Crippen molar-refractivity contribution < 1.29 is 28.8 Å². The van der Waals surface area contributed by atoms with Crippen molar-refractivity contribution in [2.75, 3.05) is 40.3 Å². The molecule has 80 heavy (non-hydrogen) atoms. The van der Waals surface area contributed by atoms with Crippen molar-refractivity contribution in [2.45, 2.75) is 182 Å². The minimum atomic E-state index is -0.719. The highest BCUT2D eigenvalue weighted by Crippen LogP contribution is 2.30. The van der Waals surface area contributed by atoms with Crippen LogP contribution in [0.5, 0.6) is 0 Å². The highest BCUT2D eigenvalue weighted by Gasteiger charge is 2.42. The normalized spacial score (nSPS) is 17.1. The first-order valence-electron chi connectivity index (χ1n) is 29.6. The predicted octanol–water partition coefficient (Wildman–Crippen LogP) is 9.76. The minimum absolute atomic E-state index is 0.0601. The van der Waals surface area contributed by atoms with Crippen LogP contribution in [-0.2, 0) is 41.9 Å². The van der Waals surface area contributed by atoms with Gasteiger partial charge < -0.3 is 40.9 Å². The fourth-order valence-corrected chi connectivity index (χ4v) is 11.0. The van der Waals surface area contributed by atoms with Crippen LogP contribution in [0.2, 0.25) is 0 Å². The zero-order valence-electron chi connectivity index (χ0n) is 49.8. The van der Waals surface area contributed by atoms with E-state index in [-0.39, 0.29) is 47.5 Å². The van der Waals surface area contributed by atoms with Gasteiger partial charge in [-0.05, 0) is 111 Å². The van der Waals surface area contributed by atoms with E-state index in [2.05, 4.69) is 94.1 Å². The van der Waals surface area contributed by atoms with E-state index >= 15 is 0 Å². The Labute approximate surface area is 478 Å². The lowest BCUT2D eigenvalue weighted by Gasteiger charge is -2.37. The lowest BCUT2D eigenvalue weighted by Crippen LogP contribution is -2.59. The van der Waals surface area contributed by atoms with Gasteiger partial charge in [-0.15, -0.1) is 0 Å². The highest BCUT2D eigenvalue weighted by molar-refractivity contribution is 5.91. The van der Waals surface area contributed by atoms with Crippen LogP contribution in [0.3, 0.4) is 0 Å². The average molecular weight is 1100 g/mol. The van der Waals surface area contributed by atoms with E-state index in [4.69, 9.17) is 0 Å². The Morgan fingerprint density at radius 2 is 0.812 bits per heavy atom. The Kier molecular flexibility index (Phi) is 23.5. The summed E-state index contributed by atoms with van der Waals surface area (Å²) >= 11 is 0. The number of hydrogen-bond acceptors (Lipinski definition) is 8. The first kappa shape index (κ1) is 62.8. The van der Waals surface area contributed by atoms with Crippen LogP contribution in [0.1, 0.15) is 144 Å². The number of rotatable bonds is 27. The molecule has 4 N–H and O–H groups in total. The fourth-order valence-electron chi connectivity index (χ4n) is 11.0. The van der Waals surface area contributed by atoms with Gasteiger partial charge in [-0.25, -0.2) is 0 Å². The number of benzene rings is 4. The number of carbonyl (C=O) groups is 6. The van der Waals surface area contributed by atoms with E-state index in [1.54, 1.807) is 27.9 Å². The van der Waals surface area contributed by atoms with Gasteiger partial charge in [0, 0.05) is 64.2 Å². The van der Waals surface area contributed by atoms with Gasteiger partial charge in [0.25, 0.3) is 0 Å². The summed E-state index contributed by atoms with van der Waals surface area (Å²) in [7, 11) is 3.45. The van der Waals surface area contributed by atoms with Crippen molar-refractivity contribution in [3.8, 4) is 22.3 Å². The lowest BCUT2D eigenvalue weighted by molar-refractivity contribution is -0.142. The molecule has 434 valence electrons. The van der Waals surface area contributed by atoms with E-state index < -0.39 is 35.0 Å². The van der Waals surface area contributed by atoms with Crippen molar-refractivity contribution in [2.24, 2.45) is 10.8 Å². The minimum Gasteiger partial charge on any atom is -0.342 e. The second kappa shape index (κ2) is 29.9. The summed E-state index contributed by atoms with van der Waals surface area (Å²) in [5, 5.41) is 12.0. The molecule has 14 nitrogen and oxygen atoms in total. The summed E-state index contributed by atoms with van der Waals surface area (Å²) in [6.45, 7) is 18.2. The van der Waals surface area contributed by atoms with Crippen LogP contribution in [-0.4, -0.2) is 132 Å². The molecule has 2 aliphatic rings. The molecule has 0 aromatic heterocycles. The number of likely N-dealkylation sites (tertiary alicyclic amines) is 2. The summed E-state index contributed by atoms with van der Waals surface area (Å²) in [6, 6.07) is 34.5. The molecule has 6 rings (SSSR count). The molecule has 6 atom stereocenters. The van der Waals surface area contributed by atoms with E-state index in [1.165, 1.54) is 0 Å². The first-order chi connectivity index (χ1) is 38.2. The van der Waals surface area contributed by atoms with Crippen LogP contribution >= 0.6 is 0 Å². The molecule has 14 heteroatoms. The molecule has 0 bridgehead atoms.